The van der Waals surface area contributed by atoms with Crippen molar-refractivity contribution < 1.29 is 66.3 Å². The predicted octanol–water partition coefficient (Wildman–Crippen LogP) is 0.675. The summed E-state index contributed by atoms with van der Waals surface area (Å²) in [5, 5.41) is 33.1. The quantitative estimate of drug-likeness (QED) is 0.0998. The van der Waals surface area contributed by atoms with Gasteiger partial charge in [-0.15, -0.1) is 11.3 Å². The largest absolute Gasteiger partial charge is 0.443 e. The van der Waals surface area contributed by atoms with Crippen molar-refractivity contribution in [1.82, 2.24) is 72.8 Å². The van der Waals surface area contributed by atoms with Gasteiger partial charge >= 0.3 is 0 Å². The molecule has 414 valence electrons. The Bertz CT molecular complexity index is 3560. The maximum atomic E-state index is 13.8. The van der Waals surface area contributed by atoms with Gasteiger partial charge in [-0.05, 0) is 38.8 Å². The zero-order chi connectivity index (χ0) is 59.0. The first kappa shape index (κ1) is 58.5. The number of allylic oxidation sites excluding steroid dienone is 1. The minimum Gasteiger partial charge on any atom is -0.443 e. The lowest BCUT2D eigenvalue weighted by Crippen LogP contribution is -2.52. The molecule has 30 heteroatoms. The lowest BCUT2D eigenvalue weighted by Gasteiger charge is -2.22. The Balaban J connectivity index is 1.35. The van der Waals surface area contributed by atoms with E-state index in [1.54, 1.807) is 13.8 Å². The van der Waals surface area contributed by atoms with Crippen molar-refractivity contribution in [2.75, 3.05) is 0 Å². The van der Waals surface area contributed by atoms with Gasteiger partial charge in [-0.1, -0.05) is 59.4 Å². The molecule has 5 aromatic rings. The number of hydrogen-bond donors (Lipinski definition) is 11. The zero-order valence-corrected chi connectivity index (χ0v) is 43.8. The first-order valence-electron chi connectivity index (χ1n) is 23.1. The second-order valence-corrected chi connectivity index (χ2v) is 18.1. The molecule has 12 N–H and O–H groups in total. The van der Waals surface area contributed by atoms with E-state index in [1.807, 2.05) is 0 Å². The molecule has 0 aliphatic carbocycles. The monoisotopic (exact) mass is 1120 g/mol. The molecule has 8 bridgehead atoms. The summed E-state index contributed by atoms with van der Waals surface area (Å²) >= 11 is 0.893. The van der Waals surface area contributed by atoms with Gasteiger partial charge in [0.15, 0.2) is 11.4 Å². The van der Waals surface area contributed by atoms with E-state index in [1.165, 1.54) is 44.4 Å². The summed E-state index contributed by atoms with van der Waals surface area (Å²) in [6.45, 7) is 28.8. The fraction of sp³-hybridized carbons (Fsp3) is 0.180. The standard InChI is InChI=1S/C50H49N15O14S/c1-12-28-49-61-31(16-78-49)42(72)54-22(7)40(70)63-33(18(2)3)44(74)57-24(9)48-65-35(26(11)79-48)46(76)55-21(6)39(69)56-23(8)47-60-30(15-77-47)36-27(50-62-32(17-80-50)43(73)64-34(25(10)66)45(75)59-28)13-14-29(58-36)41(71)53-20(5)38(68)52-19(4)37(51)67/h12-18,25,33-34,66H,4-9H2,1-3,10-11H3,(H2,51,67)(H,52,68)(H,53,71)(H,54,72)(H,55,76)(H,56,69)(H,57,74)(H,59,75)(H,63,70)(H,64,73)/b28-12-/t25-,33?,34+/m1/s1. The highest BCUT2D eigenvalue weighted by Crippen LogP contribution is 2.33. The summed E-state index contributed by atoms with van der Waals surface area (Å²) in [4.78, 5) is 153. The van der Waals surface area contributed by atoms with E-state index in [9.17, 15) is 53.1 Å². The van der Waals surface area contributed by atoms with E-state index in [4.69, 9.17) is 19.0 Å². The molecule has 10 amide bonds. The molecule has 6 heterocycles. The van der Waals surface area contributed by atoms with Gasteiger partial charge in [-0.2, -0.15) is 0 Å². The molecule has 29 nitrogen and oxygen atoms in total. The van der Waals surface area contributed by atoms with Gasteiger partial charge < -0.3 is 71.9 Å². The molecule has 1 aliphatic rings. The van der Waals surface area contributed by atoms with E-state index < -0.39 is 112 Å². The number of rotatable bonds is 7. The van der Waals surface area contributed by atoms with Crippen LogP contribution in [0.1, 0.15) is 93.1 Å². The van der Waals surface area contributed by atoms with Crippen LogP contribution in [-0.4, -0.2) is 107 Å². The number of carbonyl (C=O) groups is 10. The van der Waals surface area contributed by atoms with Crippen molar-refractivity contribution in [3.05, 3.63) is 145 Å². The number of nitrogens with two attached hydrogens (primary N) is 1. The van der Waals surface area contributed by atoms with Gasteiger partial charge in [0.2, 0.25) is 29.5 Å². The second-order valence-electron chi connectivity index (χ2n) is 17.2. The van der Waals surface area contributed by atoms with Crippen LogP contribution in [0.25, 0.3) is 39.1 Å². The maximum Gasteiger partial charge on any atom is 0.278 e. The smallest absolute Gasteiger partial charge is 0.278 e. The molecule has 6 rings (SSSR count). The van der Waals surface area contributed by atoms with E-state index in [2.05, 4.69) is 112 Å². The Morgan fingerprint density at radius 3 is 1.94 bits per heavy atom. The van der Waals surface area contributed by atoms with Crippen LogP contribution >= 0.6 is 11.3 Å². The maximum absolute atomic E-state index is 13.8. The van der Waals surface area contributed by atoms with Crippen LogP contribution in [0.15, 0.2) is 112 Å². The van der Waals surface area contributed by atoms with Crippen LogP contribution in [0.5, 0.6) is 0 Å². The van der Waals surface area contributed by atoms with E-state index in [0.29, 0.717) is 0 Å². The summed E-state index contributed by atoms with van der Waals surface area (Å²) in [7, 11) is 0. The number of amides is 10. The average Bonchev–Trinajstić information content (AvgIpc) is 4.26. The SMILES string of the molecule is C=C(NC(=O)C(=C)NC(=O)c1ccc2c(n1)-c1coc(n1)C(=C)NC(=O)C(=C)NC(=O)c1nc(oc1C)C(=C)NC(=O)C(C(C)C)NC(=O)C(=C)NC(=O)c1coc(n1)/C(=C/C)NC(=O)[C@H]([C@@H](C)O)NC(=O)c1csc-2n1)C(N)=O. The minimum atomic E-state index is -1.65. The lowest BCUT2D eigenvalue weighted by atomic mass is 10.0. The topological polar surface area (TPSA) is 429 Å². The summed E-state index contributed by atoms with van der Waals surface area (Å²) in [5.74, 6) is -11.4. The lowest BCUT2D eigenvalue weighted by molar-refractivity contribution is -0.127. The molecule has 80 heavy (non-hydrogen) atoms. The number of carbonyl (C=O) groups excluding carboxylic acids is 10. The molecule has 5 aromatic heterocycles. The first-order chi connectivity index (χ1) is 37.7. The third-order valence-electron chi connectivity index (χ3n) is 10.9. The zero-order valence-electron chi connectivity index (χ0n) is 43.0. The van der Waals surface area contributed by atoms with Gasteiger partial charge in [0.1, 0.15) is 58.2 Å². The number of aliphatic hydroxyl groups is 1. The highest BCUT2D eigenvalue weighted by Gasteiger charge is 2.32. The Hall–Kier alpha value is -10.8. The van der Waals surface area contributed by atoms with Gasteiger partial charge in [-0.3, -0.25) is 47.9 Å². The number of nitrogens with zero attached hydrogens (tertiary/aromatic N) is 5. The van der Waals surface area contributed by atoms with Crippen molar-refractivity contribution in [3.8, 4) is 22.0 Å². The summed E-state index contributed by atoms with van der Waals surface area (Å²) in [6, 6.07) is -0.365. The van der Waals surface area contributed by atoms with E-state index in [-0.39, 0.29) is 79.6 Å². The van der Waals surface area contributed by atoms with Crippen molar-refractivity contribution in [1.29, 1.82) is 0 Å². The predicted molar refractivity (Wildman–Crippen MR) is 281 cm³/mol. The number of aromatic nitrogens is 5. The number of nitrogens with one attached hydrogen (secondary N) is 9. The van der Waals surface area contributed by atoms with Crippen LogP contribution in [0.2, 0.25) is 0 Å². The van der Waals surface area contributed by atoms with Crippen molar-refractivity contribution in [2.24, 2.45) is 11.7 Å². The number of primary amides is 1. The molecule has 0 fully saturated rings. The number of thiazole rings is 1. The molecule has 0 aromatic carbocycles. The fourth-order valence-corrected chi connectivity index (χ4v) is 7.47. The first-order valence-corrected chi connectivity index (χ1v) is 24.0. The number of aliphatic hydroxyl groups excluding tert-OH is 1. The molecule has 0 radical (unpaired) electrons. The molecular weight excluding hydrogens is 1070 g/mol. The molecule has 0 saturated heterocycles. The number of fused-ring (bicyclic) bond motifs is 11. The normalized spacial score (nSPS) is 17.2. The Kier molecular flexibility index (Phi) is 17.9. The Labute approximate surface area is 456 Å². The van der Waals surface area contributed by atoms with Gasteiger partial charge in [-0.25, -0.2) is 24.9 Å². The van der Waals surface area contributed by atoms with E-state index in [0.717, 1.165) is 23.9 Å². The highest BCUT2D eigenvalue weighted by atomic mass is 32.1. The van der Waals surface area contributed by atoms with Crippen LogP contribution in [0, 0.1) is 12.8 Å². The Morgan fingerprint density at radius 1 is 0.675 bits per heavy atom. The van der Waals surface area contributed by atoms with E-state index >= 15 is 0 Å². The Morgan fingerprint density at radius 2 is 1.27 bits per heavy atom. The third kappa shape index (κ3) is 13.6. The number of oxazole rings is 3. The van der Waals surface area contributed by atoms with Gasteiger partial charge in [0, 0.05) is 10.9 Å². The van der Waals surface area contributed by atoms with Crippen LogP contribution < -0.4 is 53.6 Å². The fourth-order valence-electron chi connectivity index (χ4n) is 6.65. The molecule has 0 spiro atoms. The molecular formula is C50H49N15O14S. The number of pyridine rings is 1. The molecule has 0 saturated carbocycles. The summed E-state index contributed by atoms with van der Waals surface area (Å²) in [6.07, 6.45) is 1.77. The van der Waals surface area contributed by atoms with Gasteiger partial charge in [0.25, 0.3) is 47.3 Å². The van der Waals surface area contributed by atoms with Crippen LogP contribution in [0.4, 0.5) is 0 Å². The minimum absolute atomic E-state index is 0.0697. The highest BCUT2D eigenvalue weighted by molar-refractivity contribution is 7.13. The van der Waals surface area contributed by atoms with Gasteiger partial charge in [0.05, 0.1) is 46.0 Å². The summed E-state index contributed by atoms with van der Waals surface area (Å²) in [5.41, 5.74) is 0.894. The van der Waals surface area contributed by atoms with Crippen molar-refractivity contribution >= 4 is 87.5 Å². The van der Waals surface area contributed by atoms with Crippen molar-refractivity contribution in [3.63, 3.8) is 0 Å². The molecule has 1 unspecified atom stereocenters. The van der Waals surface area contributed by atoms with Crippen molar-refractivity contribution in [2.45, 2.75) is 52.8 Å². The van der Waals surface area contributed by atoms with Crippen LogP contribution in [0.3, 0.4) is 0 Å². The number of hydrogen-bond acceptors (Lipinski definition) is 20. The second kappa shape index (κ2) is 24.5. The average molecular weight is 1120 g/mol. The van der Waals surface area contributed by atoms with Crippen LogP contribution in [-0.2, 0) is 28.8 Å². The summed E-state index contributed by atoms with van der Waals surface area (Å²) < 4.78 is 16.7. The number of aryl methyl sites for hydroxylation is 1. The molecule has 3 atom stereocenters. The molecule has 1 aliphatic heterocycles. The third-order valence-corrected chi connectivity index (χ3v) is 11.8.